The molecule has 1 fully saturated rings. The number of imidazole rings is 1. The number of H-pyrrole nitrogens is 1. The van der Waals surface area contributed by atoms with Gasteiger partial charge in [0.25, 0.3) is 0 Å². The molecular weight excluding hydrogens is 500 g/mol. The molecule has 33 heavy (non-hydrogen) atoms. The van der Waals surface area contributed by atoms with Crippen molar-refractivity contribution in [1.29, 1.82) is 0 Å². The average molecular weight is 527 g/mol. The Hall–Kier alpha value is -2.49. The first-order chi connectivity index (χ1) is 16.0. The molecule has 0 bridgehead atoms. The van der Waals surface area contributed by atoms with E-state index in [1.807, 2.05) is 30.5 Å². The van der Waals surface area contributed by atoms with E-state index in [1.165, 1.54) is 10.7 Å². The van der Waals surface area contributed by atoms with E-state index in [9.17, 15) is 0 Å². The third-order valence-electron chi connectivity index (χ3n) is 5.95. The lowest BCUT2D eigenvalue weighted by atomic mass is 10.2. The fourth-order valence-corrected chi connectivity index (χ4v) is 5.51. The largest absolute Gasteiger partial charge is 0.497 e. The molecular formula is C24H27BrN6OS. The minimum Gasteiger partial charge on any atom is -0.497 e. The Kier molecular flexibility index (Phi) is 6.36. The van der Waals surface area contributed by atoms with Crippen molar-refractivity contribution in [2.75, 3.05) is 38.2 Å². The van der Waals surface area contributed by atoms with E-state index in [4.69, 9.17) is 14.7 Å². The lowest BCUT2D eigenvalue weighted by molar-refractivity contribution is 0.247. The number of aromatic amines is 1. The van der Waals surface area contributed by atoms with Crippen LogP contribution in [0.15, 0.2) is 40.3 Å². The lowest BCUT2D eigenvalue weighted by Gasteiger charge is -2.36. The summed E-state index contributed by atoms with van der Waals surface area (Å²) in [5.41, 5.74) is 5.00. The molecule has 1 saturated heterocycles. The highest BCUT2D eigenvalue weighted by Crippen LogP contribution is 2.34. The van der Waals surface area contributed by atoms with Gasteiger partial charge in [0.1, 0.15) is 17.1 Å². The number of thiazole rings is 1. The summed E-state index contributed by atoms with van der Waals surface area (Å²) in [7, 11) is 1.67. The van der Waals surface area contributed by atoms with Gasteiger partial charge in [0.05, 0.1) is 28.0 Å². The van der Waals surface area contributed by atoms with Crippen molar-refractivity contribution in [3.8, 4) is 17.1 Å². The molecule has 4 aromatic rings. The van der Waals surface area contributed by atoms with Gasteiger partial charge in [-0.1, -0.05) is 13.8 Å². The van der Waals surface area contributed by atoms with Crippen LogP contribution in [-0.2, 0) is 6.54 Å². The normalized spacial score (nSPS) is 15.0. The predicted molar refractivity (Wildman–Crippen MR) is 137 cm³/mol. The van der Waals surface area contributed by atoms with Crippen molar-refractivity contribution in [3.63, 3.8) is 0 Å². The van der Waals surface area contributed by atoms with Crippen LogP contribution in [0.1, 0.15) is 30.5 Å². The molecule has 0 radical (unpaired) electrons. The van der Waals surface area contributed by atoms with Gasteiger partial charge >= 0.3 is 0 Å². The number of halogens is 1. The Morgan fingerprint density at radius 3 is 2.55 bits per heavy atom. The van der Waals surface area contributed by atoms with Crippen LogP contribution in [0.4, 0.5) is 5.69 Å². The van der Waals surface area contributed by atoms with Crippen LogP contribution < -0.4 is 9.64 Å². The van der Waals surface area contributed by atoms with Crippen molar-refractivity contribution in [2.45, 2.75) is 26.3 Å². The van der Waals surface area contributed by atoms with Crippen LogP contribution in [0.5, 0.6) is 5.75 Å². The summed E-state index contributed by atoms with van der Waals surface area (Å²) in [4.78, 5) is 22.5. The number of aromatic nitrogens is 4. The molecule has 0 saturated carbocycles. The second-order valence-electron chi connectivity index (χ2n) is 8.56. The first kappa shape index (κ1) is 22.3. The molecule has 7 nitrogen and oxygen atoms in total. The number of nitrogens with one attached hydrogen (secondary N) is 1. The molecule has 172 valence electrons. The Morgan fingerprint density at radius 1 is 1.12 bits per heavy atom. The number of nitrogens with zero attached hydrogens (tertiary/aromatic N) is 5. The summed E-state index contributed by atoms with van der Waals surface area (Å²) < 4.78 is 6.25. The molecule has 3 aromatic heterocycles. The zero-order chi connectivity index (χ0) is 22.9. The molecule has 0 unspecified atom stereocenters. The molecule has 4 heterocycles. The number of fused-ring (bicyclic) bond motifs is 1. The van der Waals surface area contributed by atoms with E-state index in [2.05, 4.69) is 54.9 Å². The van der Waals surface area contributed by atoms with Gasteiger partial charge in [0, 0.05) is 55.8 Å². The Balaban J connectivity index is 1.34. The first-order valence-corrected chi connectivity index (χ1v) is 12.8. The lowest BCUT2D eigenvalue weighted by Crippen LogP contribution is -2.46. The fraction of sp³-hybridized carbons (Fsp3) is 0.375. The molecule has 9 heteroatoms. The molecule has 0 atom stereocenters. The van der Waals surface area contributed by atoms with Gasteiger partial charge in [-0.25, -0.2) is 15.0 Å². The van der Waals surface area contributed by atoms with Crippen molar-refractivity contribution in [2.24, 2.45) is 0 Å². The second kappa shape index (κ2) is 9.40. The predicted octanol–water partition coefficient (Wildman–Crippen LogP) is 5.30. The number of benzene rings is 1. The topological polar surface area (TPSA) is 70.2 Å². The zero-order valence-electron chi connectivity index (χ0n) is 19.0. The summed E-state index contributed by atoms with van der Waals surface area (Å²) in [5, 5.41) is 3.43. The van der Waals surface area contributed by atoms with E-state index >= 15 is 0 Å². The minimum absolute atomic E-state index is 0.490. The smallest absolute Gasteiger partial charge is 0.180 e. The Morgan fingerprint density at radius 2 is 1.88 bits per heavy atom. The molecule has 5 rings (SSSR count). The fourth-order valence-electron chi connectivity index (χ4n) is 4.13. The maximum Gasteiger partial charge on any atom is 0.180 e. The van der Waals surface area contributed by atoms with Gasteiger partial charge < -0.3 is 14.6 Å². The third kappa shape index (κ3) is 4.62. The Labute approximate surface area is 206 Å². The van der Waals surface area contributed by atoms with E-state index in [0.29, 0.717) is 5.92 Å². The maximum atomic E-state index is 5.27. The van der Waals surface area contributed by atoms with Crippen molar-refractivity contribution < 1.29 is 4.74 Å². The first-order valence-electron chi connectivity index (χ1n) is 11.1. The summed E-state index contributed by atoms with van der Waals surface area (Å²) in [6.45, 7) is 9.17. The van der Waals surface area contributed by atoms with E-state index < -0.39 is 0 Å². The van der Waals surface area contributed by atoms with E-state index in [0.717, 1.165) is 71.2 Å². The number of piperazine rings is 1. The van der Waals surface area contributed by atoms with Crippen molar-refractivity contribution in [3.05, 3.63) is 51.0 Å². The summed E-state index contributed by atoms with van der Waals surface area (Å²) >= 11 is 5.50. The molecule has 1 N–H and O–H groups in total. The Bertz CT molecular complexity index is 1240. The molecule has 0 spiro atoms. The average Bonchev–Trinajstić information content (AvgIpc) is 3.47. The van der Waals surface area contributed by atoms with Crippen LogP contribution >= 0.6 is 27.3 Å². The van der Waals surface area contributed by atoms with Gasteiger partial charge in [-0.05, 0) is 40.2 Å². The van der Waals surface area contributed by atoms with Gasteiger partial charge in [0.15, 0.2) is 5.65 Å². The van der Waals surface area contributed by atoms with Gasteiger partial charge in [-0.2, -0.15) is 0 Å². The molecule has 1 aliphatic rings. The van der Waals surface area contributed by atoms with Crippen molar-refractivity contribution >= 4 is 44.1 Å². The maximum absolute atomic E-state index is 5.27. The van der Waals surface area contributed by atoms with Gasteiger partial charge in [0.2, 0.25) is 0 Å². The van der Waals surface area contributed by atoms with Crippen LogP contribution in [-0.4, -0.2) is 58.1 Å². The number of pyridine rings is 1. The monoisotopic (exact) mass is 526 g/mol. The van der Waals surface area contributed by atoms with Gasteiger partial charge in [-0.3, -0.25) is 4.90 Å². The minimum atomic E-state index is 0.490. The summed E-state index contributed by atoms with van der Waals surface area (Å²) in [6, 6.07) is 7.90. The molecule has 0 aliphatic carbocycles. The highest BCUT2D eigenvalue weighted by Gasteiger charge is 2.23. The van der Waals surface area contributed by atoms with E-state index in [1.54, 1.807) is 18.4 Å². The third-order valence-corrected chi connectivity index (χ3v) is 7.72. The van der Waals surface area contributed by atoms with Crippen LogP contribution in [0.25, 0.3) is 22.6 Å². The van der Waals surface area contributed by atoms with E-state index in [-0.39, 0.29) is 0 Å². The number of hydrogen-bond acceptors (Lipinski definition) is 7. The van der Waals surface area contributed by atoms with Crippen LogP contribution in [0.3, 0.4) is 0 Å². The van der Waals surface area contributed by atoms with Gasteiger partial charge in [-0.15, -0.1) is 11.3 Å². The number of rotatable bonds is 6. The molecule has 1 aromatic carbocycles. The van der Waals surface area contributed by atoms with Crippen LogP contribution in [0, 0.1) is 0 Å². The van der Waals surface area contributed by atoms with Crippen molar-refractivity contribution in [1.82, 2.24) is 24.8 Å². The molecule has 1 aliphatic heterocycles. The molecule has 0 amide bonds. The SMILES string of the molecule is COc1ccc(-c2nc3ncc(Br)c(N4CCN(Cc5csc(C(C)C)n5)CC4)c3[nH]2)cc1. The quantitative estimate of drug-likeness (QED) is 0.367. The number of hydrogen-bond donors (Lipinski definition) is 1. The number of ether oxygens (including phenoxy) is 1. The van der Waals surface area contributed by atoms with Crippen LogP contribution in [0.2, 0.25) is 0 Å². The standard InChI is InChI=1S/C24H27BrN6OS/c1-15(2)24-27-17(14-33-24)13-30-8-10-31(11-9-30)21-19(25)12-26-23-20(21)28-22(29-23)16-4-6-18(32-3)7-5-16/h4-7,12,14-15H,8-11,13H2,1-3H3,(H,26,28,29). The highest BCUT2D eigenvalue weighted by molar-refractivity contribution is 9.10. The number of methoxy groups -OCH3 is 1. The zero-order valence-corrected chi connectivity index (χ0v) is 21.4. The summed E-state index contributed by atoms with van der Waals surface area (Å²) in [6.07, 6.45) is 1.85. The second-order valence-corrected chi connectivity index (χ2v) is 10.3. The number of anilines is 1. The highest BCUT2D eigenvalue weighted by atomic mass is 79.9. The summed E-state index contributed by atoms with van der Waals surface area (Å²) in [5.74, 6) is 2.12.